The standard InChI is InChI=1S/C18H15FN2O4S/c19-14-3-5-15(6-4-14)26(23,24)17(16-2-1-11-25-16)12-21-18(22)13-7-9-20-10-8-13/h1-11,17H,12H2,(H,21,22). The first-order valence-electron chi connectivity index (χ1n) is 7.69. The summed E-state index contributed by atoms with van der Waals surface area (Å²) in [6.07, 6.45) is 4.29. The van der Waals surface area contributed by atoms with Crippen molar-refractivity contribution in [1.29, 1.82) is 0 Å². The molecule has 3 rings (SSSR count). The highest BCUT2D eigenvalue weighted by atomic mass is 32.2. The summed E-state index contributed by atoms with van der Waals surface area (Å²) in [6.45, 7) is -0.200. The molecule has 6 nitrogen and oxygen atoms in total. The third-order valence-corrected chi connectivity index (χ3v) is 5.85. The SMILES string of the molecule is O=C(NCC(c1ccco1)S(=O)(=O)c1ccc(F)cc1)c1ccncc1. The lowest BCUT2D eigenvalue weighted by Crippen LogP contribution is -2.31. The molecular weight excluding hydrogens is 359 g/mol. The molecule has 2 heterocycles. The van der Waals surface area contributed by atoms with Crippen LogP contribution in [0.3, 0.4) is 0 Å². The van der Waals surface area contributed by atoms with Gasteiger partial charge in [-0.2, -0.15) is 0 Å². The van der Waals surface area contributed by atoms with Crippen LogP contribution in [0.2, 0.25) is 0 Å². The Kier molecular flexibility index (Phi) is 5.13. The summed E-state index contributed by atoms with van der Waals surface area (Å²) in [7, 11) is -3.91. The Labute approximate surface area is 149 Å². The lowest BCUT2D eigenvalue weighted by Gasteiger charge is -2.16. The molecular formula is C18H15FN2O4S. The normalized spacial score (nSPS) is 12.5. The second-order valence-corrected chi connectivity index (χ2v) is 7.58. The summed E-state index contributed by atoms with van der Waals surface area (Å²) >= 11 is 0. The van der Waals surface area contributed by atoms with Gasteiger partial charge in [0.25, 0.3) is 5.91 Å². The number of furan rings is 1. The van der Waals surface area contributed by atoms with Gasteiger partial charge in [-0.1, -0.05) is 0 Å². The lowest BCUT2D eigenvalue weighted by molar-refractivity contribution is 0.0953. The fourth-order valence-corrected chi connectivity index (χ4v) is 4.00. The molecule has 0 saturated heterocycles. The quantitative estimate of drug-likeness (QED) is 0.670. The van der Waals surface area contributed by atoms with Gasteiger partial charge in [0.1, 0.15) is 16.8 Å². The fourth-order valence-electron chi connectivity index (χ4n) is 2.42. The number of sulfone groups is 1. The Hall–Kier alpha value is -3.00. The third kappa shape index (κ3) is 3.80. The van der Waals surface area contributed by atoms with Gasteiger partial charge in [-0.3, -0.25) is 9.78 Å². The van der Waals surface area contributed by atoms with Crippen molar-refractivity contribution in [2.45, 2.75) is 10.1 Å². The molecule has 1 aromatic carbocycles. The molecule has 0 spiro atoms. The number of aromatic nitrogens is 1. The van der Waals surface area contributed by atoms with E-state index in [0.717, 1.165) is 12.1 Å². The van der Waals surface area contributed by atoms with Crippen LogP contribution < -0.4 is 5.32 Å². The summed E-state index contributed by atoms with van der Waals surface area (Å²) < 4.78 is 44.3. The molecule has 1 atom stereocenters. The molecule has 134 valence electrons. The average Bonchev–Trinajstić information content (AvgIpc) is 3.17. The van der Waals surface area contributed by atoms with Gasteiger partial charge in [0.05, 0.1) is 11.2 Å². The molecule has 1 unspecified atom stereocenters. The first-order valence-corrected chi connectivity index (χ1v) is 9.24. The van der Waals surface area contributed by atoms with Crippen molar-refractivity contribution in [2.75, 3.05) is 6.54 Å². The molecule has 2 aromatic heterocycles. The molecule has 0 radical (unpaired) electrons. The second-order valence-electron chi connectivity index (χ2n) is 5.45. The molecule has 1 amide bonds. The summed E-state index contributed by atoms with van der Waals surface area (Å²) in [5.41, 5.74) is 0.359. The van der Waals surface area contributed by atoms with Crippen LogP contribution in [0.15, 0.2) is 76.5 Å². The van der Waals surface area contributed by atoms with Gasteiger partial charge in [0, 0.05) is 24.5 Å². The Bertz CT molecular complexity index is 972. The Morgan fingerprint density at radius 3 is 2.42 bits per heavy atom. The largest absolute Gasteiger partial charge is 0.468 e. The van der Waals surface area contributed by atoms with E-state index in [2.05, 4.69) is 10.3 Å². The first kappa shape index (κ1) is 17.8. The number of carbonyl (C=O) groups is 1. The molecule has 0 bridgehead atoms. The number of benzene rings is 1. The second kappa shape index (κ2) is 7.49. The van der Waals surface area contributed by atoms with E-state index < -0.39 is 26.8 Å². The van der Waals surface area contributed by atoms with Crippen LogP contribution in [0.4, 0.5) is 4.39 Å². The number of rotatable bonds is 6. The van der Waals surface area contributed by atoms with E-state index in [4.69, 9.17) is 4.42 Å². The zero-order chi connectivity index (χ0) is 18.6. The number of halogens is 1. The van der Waals surface area contributed by atoms with Gasteiger partial charge in [-0.25, -0.2) is 12.8 Å². The van der Waals surface area contributed by atoms with Gasteiger partial charge >= 0.3 is 0 Å². The molecule has 26 heavy (non-hydrogen) atoms. The summed E-state index contributed by atoms with van der Waals surface area (Å²) in [5, 5.41) is 1.45. The number of pyridine rings is 1. The average molecular weight is 374 g/mol. The summed E-state index contributed by atoms with van der Waals surface area (Å²) in [6, 6.07) is 10.6. The van der Waals surface area contributed by atoms with E-state index in [1.165, 1.54) is 49.0 Å². The lowest BCUT2D eigenvalue weighted by atomic mass is 10.2. The van der Waals surface area contributed by atoms with E-state index in [9.17, 15) is 17.6 Å². The number of carbonyl (C=O) groups excluding carboxylic acids is 1. The smallest absolute Gasteiger partial charge is 0.251 e. The van der Waals surface area contributed by atoms with E-state index in [1.807, 2.05) is 0 Å². The minimum atomic E-state index is -3.91. The number of amides is 1. The van der Waals surface area contributed by atoms with Crippen LogP contribution in [0.5, 0.6) is 0 Å². The molecule has 0 aliphatic rings. The van der Waals surface area contributed by atoms with Crippen LogP contribution in [-0.2, 0) is 9.84 Å². The van der Waals surface area contributed by atoms with Gasteiger partial charge in [-0.05, 0) is 48.5 Å². The maximum Gasteiger partial charge on any atom is 0.251 e. The van der Waals surface area contributed by atoms with Crippen molar-refractivity contribution in [3.63, 3.8) is 0 Å². The number of hydrogen-bond donors (Lipinski definition) is 1. The molecule has 0 aliphatic heterocycles. The third-order valence-electron chi connectivity index (χ3n) is 3.77. The predicted molar refractivity (Wildman–Crippen MR) is 91.6 cm³/mol. The number of nitrogens with one attached hydrogen (secondary N) is 1. The zero-order valence-corrected chi connectivity index (χ0v) is 14.3. The monoisotopic (exact) mass is 374 g/mol. The minimum Gasteiger partial charge on any atom is -0.468 e. The van der Waals surface area contributed by atoms with Crippen LogP contribution in [0.25, 0.3) is 0 Å². The molecule has 3 aromatic rings. The Morgan fingerprint density at radius 1 is 1.12 bits per heavy atom. The van der Waals surface area contributed by atoms with E-state index >= 15 is 0 Å². The molecule has 1 N–H and O–H groups in total. The number of hydrogen-bond acceptors (Lipinski definition) is 5. The van der Waals surface area contributed by atoms with Crippen molar-refractivity contribution in [2.24, 2.45) is 0 Å². The van der Waals surface area contributed by atoms with E-state index in [1.54, 1.807) is 6.07 Å². The topological polar surface area (TPSA) is 89.3 Å². The number of nitrogens with zero attached hydrogens (tertiary/aromatic N) is 1. The maximum atomic E-state index is 13.1. The molecule has 0 saturated carbocycles. The summed E-state index contributed by atoms with van der Waals surface area (Å²) in [5.74, 6) is -0.785. The highest BCUT2D eigenvalue weighted by molar-refractivity contribution is 7.91. The van der Waals surface area contributed by atoms with Crippen molar-refractivity contribution >= 4 is 15.7 Å². The first-order chi connectivity index (χ1) is 12.5. The fraction of sp³-hybridized carbons (Fsp3) is 0.111. The summed E-state index contributed by atoms with van der Waals surface area (Å²) in [4.78, 5) is 16.0. The van der Waals surface area contributed by atoms with Crippen molar-refractivity contribution in [1.82, 2.24) is 10.3 Å². The Balaban J connectivity index is 1.86. The van der Waals surface area contributed by atoms with Gasteiger partial charge in [-0.15, -0.1) is 0 Å². The molecule has 0 fully saturated rings. The van der Waals surface area contributed by atoms with Gasteiger partial charge in [0.15, 0.2) is 9.84 Å². The van der Waals surface area contributed by atoms with Crippen LogP contribution in [-0.4, -0.2) is 25.9 Å². The minimum absolute atomic E-state index is 0.0570. The maximum absolute atomic E-state index is 13.1. The Morgan fingerprint density at radius 2 is 1.81 bits per heavy atom. The van der Waals surface area contributed by atoms with Crippen molar-refractivity contribution in [3.05, 3.63) is 84.3 Å². The highest BCUT2D eigenvalue weighted by Gasteiger charge is 2.32. The molecule has 8 heteroatoms. The van der Waals surface area contributed by atoms with E-state index in [0.29, 0.717) is 5.56 Å². The van der Waals surface area contributed by atoms with Gasteiger partial charge in [0.2, 0.25) is 0 Å². The van der Waals surface area contributed by atoms with Crippen LogP contribution in [0, 0.1) is 5.82 Å². The van der Waals surface area contributed by atoms with Crippen molar-refractivity contribution in [3.8, 4) is 0 Å². The van der Waals surface area contributed by atoms with Crippen LogP contribution in [0.1, 0.15) is 21.4 Å². The van der Waals surface area contributed by atoms with Gasteiger partial charge < -0.3 is 9.73 Å². The zero-order valence-electron chi connectivity index (χ0n) is 13.5. The highest BCUT2D eigenvalue weighted by Crippen LogP contribution is 2.29. The van der Waals surface area contributed by atoms with Crippen molar-refractivity contribution < 1.29 is 22.0 Å². The predicted octanol–water partition coefficient (Wildman–Crippen LogP) is 2.76. The molecule has 0 aliphatic carbocycles. The van der Waals surface area contributed by atoms with Crippen LogP contribution >= 0.6 is 0 Å². The van der Waals surface area contributed by atoms with E-state index in [-0.39, 0.29) is 17.2 Å².